The Balaban J connectivity index is 2.33. The molecule has 0 bridgehead atoms. The molecule has 1 aliphatic rings. The number of amides is 1. The van der Waals surface area contributed by atoms with E-state index in [4.69, 9.17) is 8.92 Å². The normalized spacial score (nSPS) is 19.2. The summed E-state index contributed by atoms with van der Waals surface area (Å²) in [5.74, 6) is 0. The van der Waals surface area contributed by atoms with Crippen LogP contribution in [0.2, 0.25) is 0 Å². The molecule has 0 unspecified atom stereocenters. The number of nitrogens with zero attached hydrogens (tertiary/aromatic N) is 1. The molecule has 0 atom stereocenters. The highest BCUT2D eigenvalue weighted by molar-refractivity contribution is 7.86. The van der Waals surface area contributed by atoms with E-state index >= 15 is 0 Å². The van der Waals surface area contributed by atoms with Gasteiger partial charge in [-0.15, -0.1) is 0 Å². The zero-order valence-electron chi connectivity index (χ0n) is 11.8. The molecule has 112 valence electrons. The first kappa shape index (κ1) is 16.2. The number of rotatable bonds is 3. The molecule has 19 heavy (non-hydrogen) atoms. The van der Waals surface area contributed by atoms with Gasteiger partial charge in [-0.2, -0.15) is 8.42 Å². The average molecular weight is 294 g/mol. The first-order valence-electron chi connectivity index (χ1n) is 6.18. The monoisotopic (exact) mass is 294 g/mol. The standard InChI is InChI=1S/C11H22N2O5S/c1-11(2,3)17-10(14)12-13-7-5-9(6-8-13)18-19(4,15)16/h9H,5-8H2,1-4H3,(H,12,14). The van der Waals surface area contributed by atoms with E-state index in [0.29, 0.717) is 25.9 Å². The van der Waals surface area contributed by atoms with Crippen molar-refractivity contribution < 1.29 is 22.1 Å². The lowest BCUT2D eigenvalue weighted by atomic mass is 10.1. The maximum Gasteiger partial charge on any atom is 0.422 e. The Morgan fingerprint density at radius 2 is 1.79 bits per heavy atom. The molecule has 7 nitrogen and oxygen atoms in total. The van der Waals surface area contributed by atoms with Gasteiger partial charge in [0.25, 0.3) is 10.1 Å². The molecule has 1 fully saturated rings. The number of nitrogens with one attached hydrogen (secondary N) is 1. The third kappa shape index (κ3) is 7.34. The van der Waals surface area contributed by atoms with Crippen LogP contribution in [-0.2, 0) is 19.0 Å². The van der Waals surface area contributed by atoms with Crippen molar-refractivity contribution in [1.82, 2.24) is 10.4 Å². The molecule has 1 heterocycles. The zero-order valence-corrected chi connectivity index (χ0v) is 12.6. The van der Waals surface area contributed by atoms with E-state index < -0.39 is 21.8 Å². The quantitative estimate of drug-likeness (QED) is 0.777. The molecule has 0 aromatic heterocycles. The van der Waals surface area contributed by atoms with E-state index in [-0.39, 0.29) is 6.10 Å². The Kier molecular flexibility index (Phi) is 5.17. The molecule has 0 aliphatic carbocycles. The highest BCUT2D eigenvalue weighted by Crippen LogP contribution is 2.14. The van der Waals surface area contributed by atoms with Crippen molar-refractivity contribution in [2.75, 3.05) is 19.3 Å². The number of ether oxygens (including phenoxy) is 1. The molecule has 1 rings (SSSR count). The Morgan fingerprint density at radius 3 is 2.21 bits per heavy atom. The number of carbonyl (C=O) groups excluding carboxylic acids is 1. The van der Waals surface area contributed by atoms with Crippen LogP contribution >= 0.6 is 0 Å². The lowest BCUT2D eigenvalue weighted by molar-refractivity contribution is 0.0199. The van der Waals surface area contributed by atoms with Gasteiger partial charge in [-0.1, -0.05) is 0 Å². The zero-order chi connectivity index (χ0) is 14.7. The Hall–Kier alpha value is -0.860. The van der Waals surface area contributed by atoms with Gasteiger partial charge in [0.05, 0.1) is 12.4 Å². The number of hydrogen-bond donors (Lipinski definition) is 1. The van der Waals surface area contributed by atoms with Gasteiger partial charge in [0, 0.05) is 13.1 Å². The van der Waals surface area contributed by atoms with Crippen LogP contribution in [0.1, 0.15) is 33.6 Å². The molecular formula is C11H22N2O5S. The second-order valence-electron chi connectivity index (χ2n) is 5.60. The maximum atomic E-state index is 11.5. The first-order chi connectivity index (χ1) is 8.55. The molecule has 0 aromatic carbocycles. The van der Waals surface area contributed by atoms with E-state index in [9.17, 15) is 13.2 Å². The molecule has 8 heteroatoms. The van der Waals surface area contributed by atoms with Crippen LogP contribution in [0.3, 0.4) is 0 Å². The van der Waals surface area contributed by atoms with Crippen LogP contribution in [0.4, 0.5) is 4.79 Å². The summed E-state index contributed by atoms with van der Waals surface area (Å²) in [6, 6.07) is 0. The van der Waals surface area contributed by atoms with Crippen molar-refractivity contribution in [2.24, 2.45) is 0 Å². The van der Waals surface area contributed by atoms with Crippen LogP contribution in [0.5, 0.6) is 0 Å². The minimum absolute atomic E-state index is 0.313. The lowest BCUT2D eigenvalue weighted by Crippen LogP contribution is -2.49. The van der Waals surface area contributed by atoms with Crippen LogP contribution < -0.4 is 5.43 Å². The highest BCUT2D eigenvalue weighted by atomic mass is 32.2. The van der Waals surface area contributed by atoms with Gasteiger partial charge in [-0.25, -0.2) is 9.80 Å². The van der Waals surface area contributed by atoms with Gasteiger partial charge in [0.1, 0.15) is 5.60 Å². The molecule has 1 amide bonds. The predicted molar refractivity (Wildman–Crippen MR) is 69.9 cm³/mol. The summed E-state index contributed by atoms with van der Waals surface area (Å²) in [4.78, 5) is 11.5. The summed E-state index contributed by atoms with van der Waals surface area (Å²) in [5.41, 5.74) is 2.09. The summed E-state index contributed by atoms with van der Waals surface area (Å²) < 4.78 is 32.0. The highest BCUT2D eigenvalue weighted by Gasteiger charge is 2.25. The van der Waals surface area contributed by atoms with E-state index in [2.05, 4.69) is 5.43 Å². The van der Waals surface area contributed by atoms with Crippen LogP contribution in [0.25, 0.3) is 0 Å². The van der Waals surface area contributed by atoms with Crippen LogP contribution in [-0.4, -0.2) is 50.6 Å². The summed E-state index contributed by atoms with van der Waals surface area (Å²) in [5, 5.41) is 1.70. The van der Waals surface area contributed by atoms with Crippen molar-refractivity contribution in [3.63, 3.8) is 0 Å². The lowest BCUT2D eigenvalue weighted by Gasteiger charge is -2.31. The largest absolute Gasteiger partial charge is 0.443 e. The molecule has 1 aliphatic heterocycles. The summed E-state index contributed by atoms with van der Waals surface area (Å²) >= 11 is 0. The van der Waals surface area contributed by atoms with Gasteiger partial charge in [0.15, 0.2) is 0 Å². The van der Waals surface area contributed by atoms with Crippen molar-refractivity contribution in [3.8, 4) is 0 Å². The minimum Gasteiger partial charge on any atom is -0.443 e. The van der Waals surface area contributed by atoms with Crippen molar-refractivity contribution in [1.29, 1.82) is 0 Å². The molecule has 1 saturated heterocycles. The van der Waals surface area contributed by atoms with Gasteiger partial charge in [0.2, 0.25) is 0 Å². The third-order valence-corrected chi connectivity index (χ3v) is 3.02. The summed E-state index contributed by atoms with van der Waals surface area (Å²) in [6.45, 7) is 6.43. The molecule has 0 radical (unpaired) electrons. The van der Waals surface area contributed by atoms with Crippen LogP contribution in [0.15, 0.2) is 0 Å². The van der Waals surface area contributed by atoms with Crippen molar-refractivity contribution >= 4 is 16.2 Å². The number of piperidine rings is 1. The van der Waals surface area contributed by atoms with Gasteiger partial charge < -0.3 is 4.74 Å². The van der Waals surface area contributed by atoms with E-state index in [1.165, 1.54) is 0 Å². The molecular weight excluding hydrogens is 272 g/mol. The van der Waals surface area contributed by atoms with Crippen molar-refractivity contribution in [3.05, 3.63) is 0 Å². The topological polar surface area (TPSA) is 84.9 Å². The van der Waals surface area contributed by atoms with Crippen molar-refractivity contribution in [2.45, 2.75) is 45.3 Å². The third-order valence-electron chi connectivity index (χ3n) is 2.40. The van der Waals surface area contributed by atoms with E-state index in [1.807, 2.05) is 0 Å². The first-order valence-corrected chi connectivity index (χ1v) is 8.00. The molecule has 0 spiro atoms. The van der Waals surface area contributed by atoms with Gasteiger partial charge in [-0.05, 0) is 33.6 Å². The second-order valence-corrected chi connectivity index (χ2v) is 7.20. The minimum atomic E-state index is -3.42. The Morgan fingerprint density at radius 1 is 1.26 bits per heavy atom. The van der Waals surface area contributed by atoms with Gasteiger partial charge in [-0.3, -0.25) is 9.61 Å². The fourth-order valence-electron chi connectivity index (χ4n) is 1.74. The van der Waals surface area contributed by atoms with Crippen LogP contribution in [0, 0.1) is 0 Å². The van der Waals surface area contributed by atoms with E-state index in [1.54, 1.807) is 25.8 Å². The molecule has 0 saturated carbocycles. The van der Waals surface area contributed by atoms with E-state index in [0.717, 1.165) is 6.26 Å². The molecule has 0 aromatic rings. The predicted octanol–water partition coefficient (Wildman–Crippen LogP) is 0.867. The Bertz CT molecular complexity index is 407. The SMILES string of the molecule is CC(C)(C)OC(=O)NN1CCC(OS(C)(=O)=O)CC1. The maximum absolute atomic E-state index is 11.5. The van der Waals surface area contributed by atoms with Gasteiger partial charge >= 0.3 is 6.09 Å². The fraction of sp³-hybridized carbons (Fsp3) is 0.909. The number of hydrogen-bond acceptors (Lipinski definition) is 6. The average Bonchev–Trinajstić information content (AvgIpc) is 2.15. The molecule has 1 N–H and O–H groups in total. The number of carbonyl (C=O) groups is 1. The summed E-state index contributed by atoms with van der Waals surface area (Å²) in [6.07, 6.45) is 1.31. The number of hydrazine groups is 1. The fourth-order valence-corrected chi connectivity index (χ4v) is 2.43. The second kappa shape index (κ2) is 6.06. The smallest absolute Gasteiger partial charge is 0.422 e. The Labute approximate surface area is 114 Å². The summed E-state index contributed by atoms with van der Waals surface area (Å²) in [7, 11) is -3.42.